The number of carbonyl (C=O) groups excluding carboxylic acids is 5. The van der Waals surface area contributed by atoms with Gasteiger partial charge in [-0.15, -0.1) is 6.58 Å². The van der Waals surface area contributed by atoms with Crippen molar-refractivity contribution in [1.82, 2.24) is 26.2 Å². The van der Waals surface area contributed by atoms with E-state index in [4.69, 9.17) is 0 Å². The molecule has 4 atom stereocenters. The molecule has 3 aliphatic carbocycles. The third-order valence-electron chi connectivity index (χ3n) is 13.3. The van der Waals surface area contributed by atoms with E-state index in [1.165, 1.54) is 6.08 Å². The molecule has 0 spiro atoms. The molecule has 0 aromatic rings. The number of carbonyl (C=O) groups is 5. The average molecular weight is 790 g/mol. The van der Waals surface area contributed by atoms with Crippen LogP contribution in [0.15, 0.2) is 12.7 Å². The molecular formula is C42H71N5O7S. The van der Waals surface area contributed by atoms with Gasteiger partial charge in [0.1, 0.15) is 12.1 Å². The fraction of sp³-hybridized carbons (Fsp3) is 0.833. The van der Waals surface area contributed by atoms with E-state index in [1.807, 2.05) is 6.92 Å². The van der Waals surface area contributed by atoms with Crippen molar-refractivity contribution in [2.75, 3.05) is 18.8 Å². The Kier molecular flexibility index (Phi) is 14.7. The monoisotopic (exact) mass is 790 g/mol. The first-order chi connectivity index (χ1) is 25.6. The Labute approximate surface area is 330 Å². The number of Topliss-reactive ketones (excluding diaryl/α,β-unsaturated/α-hetero) is 1. The van der Waals surface area contributed by atoms with Gasteiger partial charge in [0.25, 0.3) is 5.91 Å². The molecule has 12 nitrogen and oxygen atoms in total. The van der Waals surface area contributed by atoms with Crippen molar-refractivity contribution in [2.45, 2.75) is 167 Å². The molecule has 4 aliphatic rings. The summed E-state index contributed by atoms with van der Waals surface area (Å²) in [6, 6.07) is -3.44. The van der Waals surface area contributed by atoms with Crippen LogP contribution in [0.3, 0.4) is 0 Å². The topological polar surface area (TPSA) is 171 Å². The van der Waals surface area contributed by atoms with Crippen LogP contribution in [0.25, 0.3) is 0 Å². The first-order valence-corrected chi connectivity index (χ1v) is 22.6. The minimum Gasteiger partial charge on any atom is -0.346 e. The number of sulfone groups is 1. The molecule has 0 bridgehead atoms. The predicted molar refractivity (Wildman–Crippen MR) is 216 cm³/mol. The zero-order valence-electron chi connectivity index (χ0n) is 34.9. The van der Waals surface area contributed by atoms with Gasteiger partial charge in [-0.3, -0.25) is 19.2 Å². The van der Waals surface area contributed by atoms with Crippen LogP contribution in [-0.2, 0) is 29.0 Å². The predicted octanol–water partition coefficient (Wildman–Crippen LogP) is 5.45. The smallest absolute Gasteiger partial charge is 0.315 e. The first kappa shape index (κ1) is 44.8. The molecule has 5 amide bonds. The first-order valence-electron chi connectivity index (χ1n) is 21.0. The third kappa shape index (κ3) is 11.3. The molecule has 13 heteroatoms. The van der Waals surface area contributed by atoms with E-state index in [0.29, 0.717) is 56.9 Å². The summed E-state index contributed by atoms with van der Waals surface area (Å²) in [6.45, 7) is 19.6. The van der Waals surface area contributed by atoms with Crippen LogP contribution < -0.4 is 21.3 Å². The maximum atomic E-state index is 15.0. The highest BCUT2D eigenvalue weighted by atomic mass is 32.2. The van der Waals surface area contributed by atoms with E-state index in [0.717, 1.165) is 44.9 Å². The molecule has 1 heterocycles. The number of hydrogen-bond donors (Lipinski definition) is 4. The van der Waals surface area contributed by atoms with Crippen molar-refractivity contribution in [1.29, 1.82) is 0 Å². The van der Waals surface area contributed by atoms with Gasteiger partial charge in [-0.1, -0.05) is 72.8 Å². The number of nitrogens with zero attached hydrogens (tertiary/aromatic N) is 1. The van der Waals surface area contributed by atoms with Gasteiger partial charge in [0.2, 0.25) is 17.6 Å². The summed E-state index contributed by atoms with van der Waals surface area (Å²) < 4.78 is 26.3. The summed E-state index contributed by atoms with van der Waals surface area (Å²) in [5.74, 6) is -1.23. The van der Waals surface area contributed by atoms with Crippen LogP contribution in [-0.4, -0.2) is 90.1 Å². The lowest BCUT2D eigenvalue weighted by molar-refractivity contribution is -0.144. The van der Waals surface area contributed by atoms with Gasteiger partial charge >= 0.3 is 6.03 Å². The highest BCUT2D eigenvalue weighted by molar-refractivity contribution is 7.92. The van der Waals surface area contributed by atoms with Crippen LogP contribution in [0.5, 0.6) is 0 Å². The van der Waals surface area contributed by atoms with Crippen LogP contribution >= 0.6 is 0 Å². The molecule has 4 fully saturated rings. The van der Waals surface area contributed by atoms with Gasteiger partial charge in [0.05, 0.1) is 22.1 Å². The van der Waals surface area contributed by atoms with Gasteiger partial charge < -0.3 is 26.2 Å². The summed E-state index contributed by atoms with van der Waals surface area (Å²) in [7, 11) is -3.61. The fourth-order valence-electron chi connectivity index (χ4n) is 8.94. The molecule has 0 radical (unpaired) electrons. The Morgan fingerprint density at radius 3 is 2.00 bits per heavy atom. The van der Waals surface area contributed by atoms with Crippen LogP contribution in [0.4, 0.5) is 4.79 Å². The number of nitrogens with one attached hydrogen (secondary N) is 4. The zero-order chi connectivity index (χ0) is 40.9. The summed E-state index contributed by atoms with van der Waals surface area (Å²) in [4.78, 5) is 71.1. The number of likely N-dealkylation sites (tertiary alicyclic amines) is 1. The second kappa shape index (κ2) is 18.1. The summed E-state index contributed by atoms with van der Waals surface area (Å²) in [6.07, 6.45) is 10.9. The maximum absolute atomic E-state index is 15.0. The Morgan fingerprint density at radius 1 is 0.873 bits per heavy atom. The average Bonchev–Trinajstić information content (AvgIpc) is 3.81. The van der Waals surface area contributed by atoms with E-state index >= 15 is 4.79 Å². The number of ketones is 1. The van der Waals surface area contributed by atoms with Crippen molar-refractivity contribution >= 4 is 39.4 Å². The van der Waals surface area contributed by atoms with Crippen LogP contribution in [0, 0.1) is 35.0 Å². The highest BCUT2D eigenvalue weighted by Gasteiger charge is 2.50. The third-order valence-corrected chi connectivity index (χ3v) is 16.1. The van der Waals surface area contributed by atoms with Crippen molar-refractivity contribution in [3.05, 3.63) is 12.7 Å². The number of rotatable bonds is 16. The molecule has 4 rings (SSSR count). The van der Waals surface area contributed by atoms with Gasteiger partial charge in [-0.25, -0.2) is 13.2 Å². The normalized spacial score (nSPS) is 26.9. The molecular weight excluding hydrogens is 719 g/mol. The summed E-state index contributed by atoms with van der Waals surface area (Å²) >= 11 is 0. The molecule has 0 aromatic heterocycles. The molecule has 1 saturated heterocycles. The van der Waals surface area contributed by atoms with Gasteiger partial charge in [-0.2, -0.15) is 0 Å². The van der Waals surface area contributed by atoms with Crippen molar-refractivity contribution in [3.63, 3.8) is 0 Å². The molecule has 1 aliphatic heterocycles. The molecule has 55 heavy (non-hydrogen) atoms. The minimum atomic E-state index is -3.61. The Hall–Kier alpha value is -2.96. The standard InChI is InChI=1S/C42H71N5O7S/c1-10-22-43-37(50)34(48)32(23-29-14-15-29)44-36(49)33-24-31(28(4)5)25-47(33)38(51)35(41(9)18-12-11-13-19-41)45-39(52)46-42(26-55(53,54)40(6,7)8)20-16-30(17-21-42)27(2)3/h10,27-33,35H,1,11-26H2,2-9H3,(H,43,50)(H,44,49)(H2,45,46,52)/t30?,31?,32?,33-,35+,42?/m0/s1. The molecule has 3 saturated carbocycles. The van der Waals surface area contributed by atoms with E-state index in [1.54, 1.807) is 25.7 Å². The molecule has 2 unspecified atom stereocenters. The van der Waals surface area contributed by atoms with Crippen molar-refractivity contribution in [2.24, 2.45) is 35.0 Å². The van der Waals surface area contributed by atoms with E-state index < -0.39 is 67.3 Å². The zero-order valence-corrected chi connectivity index (χ0v) is 35.7. The molecule has 4 N–H and O–H groups in total. The Balaban J connectivity index is 1.62. The van der Waals surface area contributed by atoms with Crippen molar-refractivity contribution in [3.8, 4) is 0 Å². The SMILES string of the molecule is C=CCNC(=O)C(=O)C(CC1CC1)NC(=O)[C@@H]1CC(C(C)C)CN1C(=O)[C@@H](NC(=O)NC1(CS(=O)(=O)C(C)(C)C)CCC(C(C)C)CC1)C1(C)CCCCC1. The van der Waals surface area contributed by atoms with Gasteiger partial charge in [0.15, 0.2) is 9.84 Å². The van der Waals surface area contributed by atoms with Gasteiger partial charge in [-0.05, 0) is 107 Å². The van der Waals surface area contributed by atoms with E-state index in [2.05, 4.69) is 55.5 Å². The second-order valence-electron chi connectivity index (χ2n) is 19.3. The molecule has 0 aromatic carbocycles. The van der Waals surface area contributed by atoms with E-state index in [-0.39, 0.29) is 36.0 Å². The molecule has 312 valence electrons. The lowest BCUT2D eigenvalue weighted by Crippen LogP contribution is -2.64. The fourth-order valence-corrected chi connectivity index (χ4v) is 10.5. The lowest BCUT2D eigenvalue weighted by Gasteiger charge is -2.45. The van der Waals surface area contributed by atoms with Crippen LogP contribution in [0.1, 0.15) is 139 Å². The second-order valence-corrected chi connectivity index (χ2v) is 22.1. The minimum absolute atomic E-state index is 0.00354. The van der Waals surface area contributed by atoms with Crippen molar-refractivity contribution < 1.29 is 32.4 Å². The lowest BCUT2D eigenvalue weighted by atomic mass is 9.70. The largest absolute Gasteiger partial charge is 0.346 e. The van der Waals surface area contributed by atoms with Gasteiger partial charge in [0, 0.05) is 13.1 Å². The maximum Gasteiger partial charge on any atom is 0.315 e. The van der Waals surface area contributed by atoms with E-state index in [9.17, 15) is 27.6 Å². The Morgan fingerprint density at radius 2 is 1.47 bits per heavy atom. The number of amides is 5. The summed E-state index contributed by atoms with van der Waals surface area (Å²) in [5, 5.41) is 11.6. The summed E-state index contributed by atoms with van der Waals surface area (Å²) in [5.41, 5.74) is -1.58. The highest BCUT2D eigenvalue weighted by Crippen LogP contribution is 2.42. The quantitative estimate of drug-likeness (QED) is 0.119. The number of urea groups is 1. The Bertz CT molecular complexity index is 1520. The number of hydrogen-bond acceptors (Lipinski definition) is 7. The van der Waals surface area contributed by atoms with Crippen LogP contribution in [0.2, 0.25) is 0 Å².